The number of benzene rings is 1. The standard InChI is InChI=1S/C9H12N4/c1-13(9(10)11)12-7-8-5-3-2-4-6-8/h2-7H,1H3,(H3,10,11)/b12-7-. The van der Waals surface area contributed by atoms with Gasteiger partial charge in [-0.05, 0) is 5.56 Å². The molecule has 0 atom stereocenters. The van der Waals surface area contributed by atoms with Crippen LogP contribution >= 0.6 is 0 Å². The van der Waals surface area contributed by atoms with Crippen molar-refractivity contribution in [2.45, 2.75) is 0 Å². The summed E-state index contributed by atoms with van der Waals surface area (Å²) in [6, 6.07) is 9.64. The molecule has 0 aromatic heterocycles. The highest BCUT2D eigenvalue weighted by molar-refractivity contribution is 5.81. The second-order valence-electron chi connectivity index (χ2n) is 2.56. The zero-order chi connectivity index (χ0) is 9.68. The first-order valence-electron chi connectivity index (χ1n) is 3.87. The minimum atomic E-state index is -0.0767. The predicted molar refractivity (Wildman–Crippen MR) is 53.7 cm³/mol. The van der Waals surface area contributed by atoms with Gasteiger partial charge in [-0.1, -0.05) is 30.3 Å². The summed E-state index contributed by atoms with van der Waals surface area (Å²) in [5, 5.41) is 12.3. The first kappa shape index (κ1) is 9.25. The Hall–Kier alpha value is -1.84. The second kappa shape index (κ2) is 4.25. The van der Waals surface area contributed by atoms with Gasteiger partial charge in [0.15, 0.2) is 0 Å². The van der Waals surface area contributed by atoms with E-state index in [0.29, 0.717) is 0 Å². The van der Waals surface area contributed by atoms with E-state index in [1.807, 2.05) is 30.3 Å². The van der Waals surface area contributed by atoms with Crippen LogP contribution in [-0.4, -0.2) is 24.2 Å². The summed E-state index contributed by atoms with van der Waals surface area (Å²) in [4.78, 5) is 0. The molecule has 0 amide bonds. The number of guanidine groups is 1. The summed E-state index contributed by atoms with van der Waals surface area (Å²) in [6.07, 6.45) is 1.65. The third-order valence-corrected chi connectivity index (χ3v) is 1.53. The third kappa shape index (κ3) is 2.94. The monoisotopic (exact) mass is 176 g/mol. The highest BCUT2D eigenvalue weighted by atomic mass is 15.5. The zero-order valence-electron chi connectivity index (χ0n) is 7.44. The molecular weight excluding hydrogens is 164 g/mol. The van der Waals surface area contributed by atoms with Crippen LogP contribution in [0.1, 0.15) is 5.56 Å². The second-order valence-corrected chi connectivity index (χ2v) is 2.56. The topological polar surface area (TPSA) is 65.5 Å². The molecule has 4 nitrogen and oxygen atoms in total. The van der Waals surface area contributed by atoms with Crippen LogP contribution in [0.25, 0.3) is 0 Å². The number of hydrazone groups is 1. The molecule has 13 heavy (non-hydrogen) atoms. The molecule has 1 aromatic rings. The Balaban J connectivity index is 2.64. The fourth-order valence-electron chi connectivity index (χ4n) is 0.755. The predicted octanol–water partition coefficient (Wildman–Crippen LogP) is 0.846. The van der Waals surface area contributed by atoms with Gasteiger partial charge in [0.25, 0.3) is 0 Å². The fourth-order valence-corrected chi connectivity index (χ4v) is 0.755. The van der Waals surface area contributed by atoms with Gasteiger partial charge < -0.3 is 5.73 Å². The van der Waals surface area contributed by atoms with Crippen LogP contribution in [0.4, 0.5) is 0 Å². The van der Waals surface area contributed by atoms with Crippen molar-refractivity contribution in [2.75, 3.05) is 7.05 Å². The maximum Gasteiger partial charge on any atom is 0.208 e. The van der Waals surface area contributed by atoms with Crippen LogP contribution in [-0.2, 0) is 0 Å². The highest BCUT2D eigenvalue weighted by Gasteiger charge is 1.92. The van der Waals surface area contributed by atoms with Crippen molar-refractivity contribution in [3.8, 4) is 0 Å². The maximum atomic E-state index is 7.06. The SMILES string of the molecule is CN(/N=C\c1ccccc1)C(=N)N. The molecule has 3 N–H and O–H groups in total. The van der Waals surface area contributed by atoms with Crippen molar-refractivity contribution in [3.63, 3.8) is 0 Å². The molecule has 0 aliphatic rings. The first-order valence-corrected chi connectivity index (χ1v) is 3.87. The minimum absolute atomic E-state index is 0.0767. The lowest BCUT2D eigenvalue weighted by molar-refractivity contribution is 0.536. The van der Waals surface area contributed by atoms with E-state index in [-0.39, 0.29) is 5.96 Å². The number of nitrogens with two attached hydrogens (primary N) is 1. The van der Waals surface area contributed by atoms with E-state index in [1.165, 1.54) is 5.01 Å². The van der Waals surface area contributed by atoms with E-state index in [0.717, 1.165) is 5.56 Å². The van der Waals surface area contributed by atoms with Crippen molar-refractivity contribution in [1.29, 1.82) is 5.41 Å². The van der Waals surface area contributed by atoms with Crippen LogP contribution in [0.2, 0.25) is 0 Å². The van der Waals surface area contributed by atoms with Gasteiger partial charge in [-0.2, -0.15) is 5.10 Å². The Bertz CT molecular complexity index is 305. The molecule has 0 fully saturated rings. The van der Waals surface area contributed by atoms with E-state index in [4.69, 9.17) is 11.1 Å². The molecule has 0 radical (unpaired) electrons. The number of nitrogens with zero attached hydrogens (tertiary/aromatic N) is 2. The lowest BCUT2D eigenvalue weighted by atomic mass is 10.2. The number of rotatable bonds is 2. The summed E-state index contributed by atoms with van der Waals surface area (Å²) in [5.74, 6) is -0.0767. The average molecular weight is 176 g/mol. The third-order valence-electron chi connectivity index (χ3n) is 1.53. The summed E-state index contributed by atoms with van der Waals surface area (Å²) in [5.41, 5.74) is 6.18. The van der Waals surface area contributed by atoms with Gasteiger partial charge in [-0.3, -0.25) is 5.41 Å². The van der Waals surface area contributed by atoms with Crippen LogP contribution in [0.3, 0.4) is 0 Å². The Morgan fingerprint density at radius 3 is 2.62 bits per heavy atom. The molecule has 0 heterocycles. The Kier molecular flexibility index (Phi) is 3.03. The molecule has 0 saturated carbocycles. The smallest absolute Gasteiger partial charge is 0.208 e. The number of hydrogen-bond donors (Lipinski definition) is 2. The van der Waals surface area contributed by atoms with E-state index in [9.17, 15) is 0 Å². The van der Waals surface area contributed by atoms with Crippen LogP contribution in [0.5, 0.6) is 0 Å². The summed E-state index contributed by atoms with van der Waals surface area (Å²) in [7, 11) is 1.63. The number of hydrogen-bond acceptors (Lipinski definition) is 2. The van der Waals surface area contributed by atoms with Gasteiger partial charge in [0, 0.05) is 7.05 Å². The van der Waals surface area contributed by atoms with Crippen molar-refractivity contribution >= 4 is 12.2 Å². The van der Waals surface area contributed by atoms with Gasteiger partial charge >= 0.3 is 0 Å². The van der Waals surface area contributed by atoms with Gasteiger partial charge in [0.05, 0.1) is 6.21 Å². The van der Waals surface area contributed by atoms with Crippen LogP contribution in [0.15, 0.2) is 35.4 Å². The van der Waals surface area contributed by atoms with Crippen molar-refractivity contribution < 1.29 is 0 Å². The Morgan fingerprint density at radius 1 is 1.46 bits per heavy atom. The molecule has 1 aromatic carbocycles. The molecule has 0 spiro atoms. The molecule has 0 bridgehead atoms. The lowest BCUT2D eigenvalue weighted by Crippen LogP contribution is -2.28. The van der Waals surface area contributed by atoms with Gasteiger partial charge in [-0.15, -0.1) is 0 Å². The fraction of sp³-hybridized carbons (Fsp3) is 0.111. The molecule has 0 unspecified atom stereocenters. The summed E-state index contributed by atoms with van der Waals surface area (Å²) < 4.78 is 0. The Morgan fingerprint density at radius 2 is 2.08 bits per heavy atom. The lowest BCUT2D eigenvalue weighted by Gasteiger charge is -2.07. The van der Waals surface area contributed by atoms with Gasteiger partial charge in [-0.25, -0.2) is 5.01 Å². The van der Waals surface area contributed by atoms with Crippen LogP contribution < -0.4 is 5.73 Å². The largest absolute Gasteiger partial charge is 0.369 e. The molecule has 1 rings (SSSR count). The highest BCUT2D eigenvalue weighted by Crippen LogP contribution is 1.94. The van der Waals surface area contributed by atoms with Crippen molar-refractivity contribution in [3.05, 3.63) is 35.9 Å². The summed E-state index contributed by atoms with van der Waals surface area (Å²) >= 11 is 0. The van der Waals surface area contributed by atoms with E-state index in [2.05, 4.69) is 5.10 Å². The average Bonchev–Trinajstić information content (AvgIpc) is 2.15. The van der Waals surface area contributed by atoms with E-state index >= 15 is 0 Å². The quantitative estimate of drug-likeness (QED) is 0.398. The molecule has 4 heteroatoms. The molecule has 68 valence electrons. The van der Waals surface area contributed by atoms with Crippen molar-refractivity contribution in [2.24, 2.45) is 10.8 Å². The normalized spacial score (nSPS) is 10.2. The van der Waals surface area contributed by atoms with Gasteiger partial charge in [0.2, 0.25) is 5.96 Å². The van der Waals surface area contributed by atoms with Crippen LogP contribution in [0, 0.1) is 5.41 Å². The molecule has 0 aliphatic carbocycles. The maximum absolute atomic E-state index is 7.06. The van der Waals surface area contributed by atoms with Crippen molar-refractivity contribution in [1.82, 2.24) is 5.01 Å². The molecule has 0 aliphatic heterocycles. The molecule has 0 saturated heterocycles. The minimum Gasteiger partial charge on any atom is -0.369 e. The Labute approximate surface area is 77.2 Å². The zero-order valence-corrected chi connectivity index (χ0v) is 7.44. The summed E-state index contributed by atoms with van der Waals surface area (Å²) in [6.45, 7) is 0. The van der Waals surface area contributed by atoms with E-state index in [1.54, 1.807) is 13.3 Å². The number of nitrogens with one attached hydrogen (secondary N) is 1. The van der Waals surface area contributed by atoms with Gasteiger partial charge in [0.1, 0.15) is 0 Å². The van der Waals surface area contributed by atoms with E-state index < -0.39 is 0 Å². The molecular formula is C9H12N4. The first-order chi connectivity index (χ1) is 6.20.